The van der Waals surface area contributed by atoms with Gasteiger partial charge in [0.05, 0.1) is 0 Å². The molecule has 120 valence electrons. The molecule has 3 amide bonds. The number of amides is 3. The molecule has 0 saturated heterocycles. The summed E-state index contributed by atoms with van der Waals surface area (Å²) in [5.41, 5.74) is 0.921. The average molecular weight is 306 g/mol. The first-order chi connectivity index (χ1) is 10.5. The van der Waals surface area contributed by atoms with Crippen LogP contribution in [0.2, 0.25) is 0 Å². The molecule has 1 aromatic rings. The topological polar surface area (TPSA) is 84.5 Å². The van der Waals surface area contributed by atoms with Gasteiger partial charge in [-0.3, -0.25) is 14.9 Å². The lowest BCUT2D eigenvalue weighted by Crippen LogP contribution is -2.41. The highest BCUT2D eigenvalue weighted by atomic mass is 16.5. The van der Waals surface area contributed by atoms with Crippen molar-refractivity contribution in [1.29, 1.82) is 0 Å². The van der Waals surface area contributed by atoms with Crippen molar-refractivity contribution < 1.29 is 19.1 Å². The van der Waals surface area contributed by atoms with Gasteiger partial charge in [-0.25, -0.2) is 4.79 Å². The molecule has 0 spiro atoms. The summed E-state index contributed by atoms with van der Waals surface area (Å²) in [6, 6.07) is 8.69. The van der Waals surface area contributed by atoms with Crippen LogP contribution in [0.25, 0.3) is 0 Å². The SMILES string of the molecule is CC(C)CCC(=O)OCC(=O)NC(=O)NCc1ccccc1. The third-order valence-electron chi connectivity index (χ3n) is 2.84. The molecule has 0 bridgehead atoms. The van der Waals surface area contributed by atoms with Crippen molar-refractivity contribution in [3.8, 4) is 0 Å². The van der Waals surface area contributed by atoms with Crippen molar-refractivity contribution in [2.75, 3.05) is 6.61 Å². The molecular formula is C16H22N2O4. The van der Waals surface area contributed by atoms with E-state index >= 15 is 0 Å². The fourth-order valence-electron chi connectivity index (χ4n) is 1.61. The van der Waals surface area contributed by atoms with E-state index in [9.17, 15) is 14.4 Å². The van der Waals surface area contributed by atoms with Gasteiger partial charge in [0.1, 0.15) is 0 Å². The van der Waals surface area contributed by atoms with E-state index in [1.807, 2.05) is 44.2 Å². The van der Waals surface area contributed by atoms with Gasteiger partial charge in [-0.05, 0) is 17.9 Å². The maximum atomic E-state index is 11.5. The van der Waals surface area contributed by atoms with E-state index in [1.165, 1.54) is 0 Å². The minimum Gasteiger partial charge on any atom is -0.456 e. The second-order valence-electron chi connectivity index (χ2n) is 5.31. The maximum absolute atomic E-state index is 11.5. The number of hydrogen-bond acceptors (Lipinski definition) is 4. The van der Waals surface area contributed by atoms with E-state index in [2.05, 4.69) is 10.6 Å². The summed E-state index contributed by atoms with van der Waals surface area (Å²) in [5.74, 6) is -0.692. The summed E-state index contributed by atoms with van der Waals surface area (Å²) >= 11 is 0. The summed E-state index contributed by atoms with van der Waals surface area (Å²) in [6.07, 6.45) is 0.975. The molecule has 0 unspecified atom stereocenters. The Kier molecular flexibility index (Phi) is 7.67. The van der Waals surface area contributed by atoms with E-state index in [0.29, 0.717) is 18.9 Å². The molecule has 0 aromatic heterocycles. The van der Waals surface area contributed by atoms with Gasteiger partial charge in [0.25, 0.3) is 5.91 Å². The molecule has 22 heavy (non-hydrogen) atoms. The Morgan fingerprint density at radius 3 is 2.45 bits per heavy atom. The molecule has 0 atom stereocenters. The number of benzene rings is 1. The fourth-order valence-corrected chi connectivity index (χ4v) is 1.61. The van der Waals surface area contributed by atoms with Crippen LogP contribution in [-0.2, 0) is 20.9 Å². The van der Waals surface area contributed by atoms with Gasteiger partial charge in [-0.2, -0.15) is 0 Å². The first kappa shape index (κ1) is 17.7. The van der Waals surface area contributed by atoms with Gasteiger partial charge in [0, 0.05) is 13.0 Å². The lowest BCUT2D eigenvalue weighted by atomic mass is 10.1. The predicted molar refractivity (Wildman–Crippen MR) is 81.9 cm³/mol. The molecule has 0 aliphatic rings. The summed E-state index contributed by atoms with van der Waals surface area (Å²) in [7, 11) is 0. The van der Waals surface area contributed by atoms with E-state index in [-0.39, 0.29) is 6.42 Å². The van der Waals surface area contributed by atoms with Crippen LogP contribution in [0.3, 0.4) is 0 Å². The smallest absolute Gasteiger partial charge is 0.321 e. The van der Waals surface area contributed by atoms with Gasteiger partial charge >= 0.3 is 12.0 Å². The molecular weight excluding hydrogens is 284 g/mol. The number of ether oxygens (including phenoxy) is 1. The number of hydrogen-bond donors (Lipinski definition) is 2. The zero-order chi connectivity index (χ0) is 16.4. The highest BCUT2D eigenvalue weighted by molar-refractivity contribution is 5.95. The van der Waals surface area contributed by atoms with Crippen molar-refractivity contribution in [3.63, 3.8) is 0 Å². The quantitative estimate of drug-likeness (QED) is 0.755. The van der Waals surface area contributed by atoms with Gasteiger partial charge in [0.15, 0.2) is 6.61 Å². The molecule has 1 rings (SSSR count). The number of esters is 1. The Hall–Kier alpha value is -2.37. The van der Waals surface area contributed by atoms with Crippen molar-refractivity contribution in [2.45, 2.75) is 33.2 Å². The third-order valence-corrected chi connectivity index (χ3v) is 2.84. The third kappa shape index (κ3) is 8.04. The van der Waals surface area contributed by atoms with Crippen LogP contribution in [0.15, 0.2) is 30.3 Å². The molecule has 0 heterocycles. The summed E-state index contributed by atoms with van der Waals surface area (Å²) in [4.78, 5) is 34.3. The minimum atomic E-state index is -0.650. The van der Waals surface area contributed by atoms with Crippen LogP contribution in [0.5, 0.6) is 0 Å². The monoisotopic (exact) mass is 306 g/mol. The van der Waals surface area contributed by atoms with Gasteiger partial charge in [-0.1, -0.05) is 44.2 Å². The number of imide groups is 1. The Bertz CT molecular complexity index is 500. The minimum absolute atomic E-state index is 0.269. The largest absolute Gasteiger partial charge is 0.456 e. The number of rotatable bonds is 7. The number of carbonyl (C=O) groups excluding carboxylic acids is 3. The lowest BCUT2D eigenvalue weighted by Gasteiger charge is -2.08. The van der Waals surface area contributed by atoms with Crippen LogP contribution in [0, 0.1) is 5.92 Å². The summed E-state index contributed by atoms with van der Waals surface area (Å²) in [6.45, 7) is 3.86. The van der Waals surface area contributed by atoms with Crippen LogP contribution in [-0.4, -0.2) is 24.5 Å². The molecule has 2 N–H and O–H groups in total. The molecule has 0 fully saturated rings. The van der Waals surface area contributed by atoms with Crippen LogP contribution >= 0.6 is 0 Å². The fraction of sp³-hybridized carbons (Fsp3) is 0.438. The van der Waals surface area contributed by atoms with Gasteiger partial charge < -0.3 is 10.1 Å². The summed E-state index contributed by atoms with van der Waals surface area (Å²) in [5, 5.41) is 4.65. The Labute approximate surface area is 130 Å². The Morgan fingerprint density at radius 1 is 1.14 bits per heavy atom. The first-order valence-corrected chi connectivity index (χ1v) is 7.24. The highest BCUT2D eigenvalue weighted by Gasteiger charge is 2.11. The van der Waals surface area contributed by atoms with Crippen LogP contribution in [0.4, 0.5) is 4.79 Å². The second-order valence-corrected chi connectivity index (χ2v) is 5.31. The molecule has 0 saturated carbocycles. The van der Waals surface area contributed by atoms with Crippen LogP contribution in [0.1, 0.15) is 32.3 Å². The van der Waals surface area contributed by atoms with Gasteiger partial charge in [-0.15, -0.1) is 0 Å². The molecule has 6 nitrogen and oxygen atoms in total. The maximum Gasteiger partial charge on any atom is 0.321 e. The molecule has 0 aliphatic heterocycles. The zero-order valence-electron chi connectivity index (χ0n) is 12.9. The van der Waals surface area contributed by atoms with Crippen molar-refractivity contribution in [2.24, 2.45) is 5.92 Å². The van der Waals surface area contributed by atoms with E-state index in [4.69, 9.17) is 4.74 Å². The molecule has 6 heteroatoms. The van der Waals surface area contributed by atoms with Crippen LogP contribution < -0.4 is 10.6 Å². The lowest BCUT2D eigenvalue weighted by molar-refractivity contribution is -0.148. The van der Waals surface area contributed by atoms with Crippen molar-refractivity contribution in [3.05, 3.63) is 35.9 Å². The van der Waals surface area contributed by atoms with E-state index in [0.717, 1.165) is 5.56 Å². The summed E-state index contributed by atoms with van der Waals surface area (Å²) < 4.78 is 4.79. The first-order valence-electron chi connectivity index (χ1n) is 7.24. The molecule has 1 aromatic carbocycles. The highest BCUT2D eigenvalue weighted by Crippen LogP contribution is 2.04. The Balaban J connectivity index is 2.18. The van der Waals surface area contributed by atoms with Crippen molar-refractivity contribution >= 4 is 17.9 Å². The number of carbonyl (C=O) groups is 3. The van der Waals surface area contributed by atoms with E-state index in [1.54, 1.807) is 0 Å². The van der Waals surface area contributed by atoms with Crippen molar-refractivity contribution in [1.82, 2.24) is 10.6 Å². The normalized spacial score (nSPS) is 10.1. The number of nitrogens with one attached hydrogen (secondary N) is 2. The number of urea groups is 1. The standard InChI is InChI=1S/C16H22N2O4/c1-12(2)8-9-15(20)22-11-14(19)18-16(21)17-10-13-6-4-3-5-7-13/h3-7,12H,8-11H2,1-2H3,(H2,17,18,19,21). The second kappa shape index (κ2) is 9.55. The zero-order valence-corrected chi connectivity index (χ0v) is 12.9. The average Bonchev–Trinajstić information content (AvgIpc) is 2.50. The Morgan fingerprint density at radius 2 is 1.82 bits per heavy atom. The molecule has 0 radical (unpaired) electrons. The van der Waals surface area contributed by atoms with Gasteiger partial charge in [0.2, 0.25) is 0 Å². The predicted octanol–water partition coefficient (Wildman–Crippen LogP) is 1.99. The van der Waals surface area contributed by atoms with E-state index < -0.39 is 24.5 Å². The molecule has 0 aliphatic carbocycles.